The number of benzene rings is 4. The van der Waals surface area contributed by atoms with E-state index < -0.39 is 5.41 Å². The zero-order valence-corrected chi connectivity index (χ0v) is 16.5. The van der Waals surface area contributed by atoms with Gasteiger partial charge in [-0.15, -0.1) is 0 Å². The molecule has 0 aromatic heterocycles. The number of rotatable bonds is 2. The molecule has 5 rings (SSSR count). The van der Waals surface area contributed by atoms with Crippen molar-refractivity contribution in [2.24, 2.45) is 0 Å². The van der Waals surface area contributed by atoms with E-state index >= 15 is 0 Å². The number of aromatic hydroxyl groups is 2. The summed E-state index contributed by atoms with van der Waals surface area (Å²) in [6.07, 6.45) is 0. The van der Waals surface area contributed by atoms with E-state index in [0.717, 1.165) is 33.4 Å². The van der Waals surface area contributed by atoms with Crippen LogP contribution in [0.3, 0.4) is 0 Å². The van der Waals surface area contributed by atoms with Gasteiger partial charge in [0, 0.05) is 0 Å². The van der Waals surface area contributed by atoms with Crippen molar-refractivity contribution >= 4 is 0 Å². The minimum absolute atomic E-state index is 0.240. The molecule has 2 nitrogen and oxygen atoms in total. The second-order valence-electron chi connectivity index (χ2n) is 7.94. The summed E-state index contributed by atoms with van der Waals surface area (Å²) in [5, 5.41) is 20.8. The first kappa shape index (κ1) is 17.6. The summed E-state index contributed by atoms with van der Waals surface area (Å²) >= 11 is 0. The maximum atomic E-state index is 10.4. The van der Waals surface area contributed by atoms with Gasteiger partial charge in [-0.1, -0.05) is 71.8 Å². The summed E-state index contributed by atoms with van der Waals surface area (Å²) in [6, 6.07) is 28.3. The maximum Gasteiger partial charge on any atom is 0.115 e. The van der Waals surface area contributed by atoms with Crippen LogP contribution in [-0.4, -0.2) is 10.2 Å². The molecule has 1 aliphatic rings. The van der Waals surface area contributed by atoms with Gasteiger partial charge in [-0.25, -0.2) is 0 Å². The second kappa shape index (κ2) is 6.25. The number of hydrogen-bond acceptors (Lipinski definition) is 2. The van der Waals surface area contributed by atoms with Gasteiger partial charge in [-0.3, -0.25) is 0 Å². The summed E-state index contributed by atoms with van der Waals surface area (Å²) in [7, 11) is 0. The Morgan fingerprint density at radius 1 is 0.517 bits per heavy atom. The normalized spacial score (nSPS) is 13.7. The highest BCUT2D eigenvalue weighted by atomic mass is 16.3. The highest BCUT2D eigenvalue weighted by Crippen LogP contribution is 2.57. The molecule has 0 amide bonds. The van der Waals surface area contributed by atoms with Crippen LogP contribution in [0.1, 0.15) is 33.4 Å². The third kappa shape index (κ3) is 2.49. The van der Waals surface area contributed by atoms with Crippen molar-refractivity contribution in [1.82, 2.24) is 0 Å². The highest BCUT2D eigenvalue weighted by Gasteiger charge is 2.46. The Kier molecular flexibility index (Phi) is 3.78. The molecule has 0 spiro atoms. The molecule has 0 radical (unpaired) electrons. The van der Waals surface area contributed by atoms with Crippen LogP contribution in [0.2, 0.25) is 0 Å². The zero-order chi connectivity index (χ0) is 20.2. The van der Waals surface area contributed by atoms with Crippen molar-refractivity contribution < 1.29 is 10.2 Å². The molecule has 4 aromatic rings. The summed E-state index contributed by atoms with van der Waals surface area (Å²) in [4.78, 5) is 0. The molecular formula is C27H22O2. The van der Waals surface area contributed by atoms with Crippen LogP contribution in [0.4, 0.5) is 0 Å². The van der Waals surface area contributed by atoms with E-state index in [1.807, 2.05) is 24.3 Å². The van der Waals surface area contributed by atoms with E-state index in [1.54, 1.807) is 12.1 Å². The van der Waals surface area contributed by atoms with Gasteiger partial charge >= 0.3 is 0 Å². The van der Waals surface area contributed by atoms with Gasteiger partial charge in [0.1, 0.15) is 11.5 Å². The van der Waals surface area contributed by atoms with E-state index in [1.165, 1.54) is 11.1 Å². The fourth-order valence-electron chi connectivity index (χ4n) is 4.70. The molecule has 2 heteroatoms. The monoisotopic (exact) mass is 378 g/mol. The van der Waals surface area contributed by atoms with Gasteiger partial charge in [0.15, 0.2) is 0 Å². The molecule has 29 heavy (non-hydrogen) atoms. The number of phenols is 2. The van der Waals surface area contributed by atoms with E-state index in [2.05, 4.69) is 62.4 Å². The lowest BCUT2D eigenvalue weighted by Gasteiger charge is -2.34. The average molecular weight is 378 g/mol. The molecule has 0 saturated heterocycles. The molecule has 0 atom stereocenters. The van der Waals surface area contributed by atoms with Crippen LogP contribution < -0.4 is 0 Å². The third-order valence-electron chi connectivity index (χ3n) is 6.07. The predicted molar refractivity (Wildman–Crippen MR) is 117 cm³/mol. The first-order valence-corrected chi connectivity index (χ1v) is 9.82. The SMILES string of the molecule is Cc1ccc(C2(c3ccc(C)cc3)c3cc(O)ccc3-c3ccc(O)cc32)cc1. The molecule has 0 aliphatic heterocycles. The second-order valence-corrected chi connectivity index (χ2v) is 7.94. The summed E-state index contributed by atoms with van der Waals surface area (Å²) in [5.41, 5.74) is 8.24. The van der Waals surface area contributed by atoms with Crippen molar-refractivity contribution in [3.63, 3.8) is 0 Å². The molecule has 0 saturated carbocycles. The Hall–Kier alpha value is -3.52. The van der Waals surface area contributed by atoms with E-state index in [9.17, 15) is 10.2 Å². The largest absolute Gasteiger partial charge is 0.508 e. The molecule has 142 valence electrons. The molecule has 0 bridgehead atoms. The lowest BCUT2D eigenvalue weighted by molar-refractivity contribution is 0.473. The van der Waals surface area contributed by atoms with Gasteiger partial charge in [0.2, 0.25) is 0 Å². The molecule has 4 aromatic carbocycles. The lowest BCUT2D eigenvalue weighted by atomic mass is 9.67. The Morgan fingerprint density at radius 2 is 0.897 bits per heavy atom. The predicted octanol–water partition coefficient (Wildman–Crippen LogP) is 6.08. The topological polar surface area (TPSA) is 40.5 Å². The van der Waals surface area contributed by atoms with E-state index in [-0.39, 0.29) is 11.5 Å². The van der Waals surface area contributed by atoms with Crippen molar-refractivity contribution in [3.05, 3.63) is 118 Å². The number of fused-ring (bicyclic) bond motifs is 3. The Bertz CT molecular complexity index is 1120. The Labute approximate surface area is 170 Å². The summed E-state index contributed by atoms with van der Waals surface area (Å²) in [6.45, 7) is 4.16. The highest BCUT2D eigenvalue weighted by molar-refractivity contribution is 5.87. The minimum Gasteiger partial charge on any atom is -0.508 e. The third-order valence-corrected chi connectivity index (χ3v) is 6.07. The molecular weight excluding hydrogens is 356 g/mol. The average Bonchev–Trinajstić information content (AvgIpc) is 2.99. The number of hydrogen-bond donors (Lipinski definition) is 2. The van der Waals surface area contributed by atoms with Crippen molar-refractivity contribution in [2.45, 2.75) is 19.3 Å². The molecule has 2 N–H and O–H groups in total. The van der Waals surface area contributed by atoms with E-state index in [0.29, 0.717) is 0 Å². The number of phenolic OH excluding ortho intramolecular Hbond substituents is 2. The zero-order valence-electron chi connectivity index (χ0n) is 16.5. The Morgan fingerprint density at radius 3 is 1.28 bits per heavy atom. The summed E-state index contributed by atoms with van der Waals surface area (Å²) < 4.78 is 0. The first-order chi connectivity index (χ1) is 14.0. The minimum atomic E-state index is -0.608. The van der Waals surface area contributed by atoms with Gasteiger partial charge in [-0.05, 0) is 71.5 Å². The fourth-order valence-corrected chi connectivity index (χ4v) is 4.70. The molecule has 0 fully saturated rings. The Balaban J connectivity index is 1.97. The van der Waals surface area contributed by atoms with Gasteiger partial charge in [0.05, 0.1) is 5.41 Å². The van der Waals surface area contributed by atoms with Crippen molar-refractivity contribution in [3.8, 4) is 22.6 Å². The van der Waals surface area contributed by atoms with Crippen LogP contribution in [-0.2, 0) is 5.41 Å². The standard InChI is InChI=1S/C27H22O2/c1-17-3-7-19(8-4-17)27(20-9-5-18(2)6-10-20)25-15-21(28)11-13-23(25)24-14-12-22(29)16-26(24)27/h3-16,28-29H,1-2H3. The lowest BCUT2D eigenvalue weighted by Crippen LogP contribution is -2.28. The van der Waals surface area contributed by atoms with Gasteiger partial charge in [-0.2, -0.15) is 0 Å². The van der Waals surface area contributed by atoms with Crippen LogP contribution in [0.25, 0.3) is 11.1 Å². The maximum absolute atomic E-state index is 10.4. The van der Waals surface area contributed by atoms with Crippen molar-refractivity contribution in [1.29, 1.82) is 0 Å². The van der Waals surface area contributed by atoms with Crippen LogP contribution in [0.15, 0.2) is 84.9 Å². The molecule has 1 aliphatic carbocycles. The molecule has 0 unspecified atom stereocenters. The van der Waals surface area contributed by atoms with Crippen LogP contribution >= 0.6 is 0 Å². The first-order valence-electron chi connectivity index (χ1n) is 9.82. The van der Waals surface area contributed by atoms with E-state index in [4.69, 9.17) is 0 Å². The van der Waals surface area contributed by atoms with Gasteiger partial charge < -0.3 is 10.2 Å². The summed E-state index contributed by atoms with van der Waals surface area (Å²) in [5.74, 6) is 0.480. The van der Waals surface area contributed by atoms with Crippen molar-refractivity contribution in [2.75, 3.05) is 0 Å². The fraction of sp³-hybridized carbons (Fsp3) is 0.111. The quantitative estimate of drug-likeness (QED) is 0.391. The number of aryl methyl sites for hydroxylation is 2. The smallest absolute Gasteiger partial charge is 0.115 e. The van der Waals surface area contributed by atoms with Crippen LogP contribution in [0.5, 0.6) is 11.5 Å². The van der Waals surface area contributed by atoms with Gasteiger partial charge in [0.25, 0.3) is 0 Å². The molecule has 0 heterocycles. The van der Waals surface area contributed by atoms with Crippen LogP contribution in [0, 0.1) is 13.8 Å².